The zero-order valence-electron chi connectivity index (χ0n) is 13.8. The minimum Gasteiger partial charge on any atom is -0.480 e. The minimum absolute atomic E-state index is 0.240. The van der Waals surface area contributed by atoms with Gasteiger partial charge in [-0.3, -0.25) is 0 Å². The summed E-state index contributed by atoms with van der Waals surface area (Å²) >= 11 is 0. The number of nitrogens with zero attached hydrogens (tertiary/aromatic N) is 3. The first-order valence-electron chi connectivity index (χ1n) is 7.54. The molecule has 1 N–H and O–H groups in total. The highest BCUT2D eigenvalue weighted by atomic mass is 28.3. The molecule has 0 bridgehead atoms. The van der Waals surface area contributed by atoms with Crippen molar-refractivity contribution in [3.05, 3.63) is 23.8 Å². The number of aliphatic carboxylic acids is 1. The van der Waals surface area contributed by atoms with E-state index in [-0.39, 0.29) is 13.2 Å². The Morgan fingerprint density at radius 2 is 2.09 bits per heavy atom. The normalized spacial score (nSPS) is 12.0. The number of carbonyl (C=O) groups is 1. The monoisotopic (exact) mass is 337 g/mol. The highest BCUT2D eigenvalue weighted by molar-refractivity contribution is 6.76. The van der Waals surface area contributed by atoms with Crippen molar-refractivity contribution in [2.45, 2.75) is 39.0 Å². The predicted molar refractivity (Wildman–Crippen MR) is 88.9 cm³/mol. The van der Waals surface area contributed by atoms with Crippen molar-refractivity contribution in [2.75, 3.05) is 13.2 Å². The number of benzene rings is 1. The summed E-state index contributed by atoms with van der Waals surface area (Å²) in [6.45, 7) is 7.94. The third-order valence-corrected chi connectivity index (χ3v) is 4.99. The molecular weight excluding hydrogens is 314 g/mol. The lowest BCUT2D eigenvalue weighted by Crippen LogP contribution is -2.22. The molecular formula is C15H23N3O4Si. The molecule has 0 atom stereocenters. The Morgan fingerprint density at radius 1 is 1.30 bits per heavy atom. The molecule has 1 aromatic carbocycles. The van der Waals surface area contributed by atoms with Gasteiger partial charge in [0.2, 0.25) is 0 Å². The molecule has 0 fully saturated rings. The van der Waals surface area contributed by atoms with Crippen LogP contribution in [0.15, 0.2) is 18.2 Å². The van der Waals surface area contributed by atoms with Crippen LogP contribution in [0.3, 0.4) is 0 Å². The summed E-state index contributed by atoms with van der Waals surface area (Å²) < 4.78 is 12.5. The average Bonchev–Trinajstić information content (AvgIpc) is 2.85. The van der Waals surface area contributed by atoms with E-state index in [1.54, 1.807) is 4.68 Å². The Labute approximate surface area is 136 Å². The van der Waals surface area contributed by atoms with Gasteiger partial charge < -0.3 is 14.6 Å². The molecule has 0 aliphatic rings. The summed E-state index contributed by atoms with van der Waals surface area (Å²) in [5.74, 6) is -0.978. The SMILES string of the molecule is C[Si](C)(C)CCOCn1nnc2ccc(COCC(=O)O)cc21. The second-order valence-corrected chi connectivity index (χ2v) is 12.3. The van der Waals surface area contributed by atoms with Gasteiger partial charge in [0.25, 0.3) is 0 Å². The van der Waals surface area contributed by atoms with Gasteiger partial charge in [0.1, 0.15) is 18.9 Å². The van der Waals surface area contributed by atoms with Crippen LogP contribution in [0.5, 0.6) is 0 Å². The number of ether oxygens (including phenoxy) is 2. The Bertz CT molecular complexity index is 666. The van der Waals surface area contributed by atoms with Gasteiger partial charge in [0, 0.05) is 14.7 Å². The number of hydrogen-bond donors (Lipinski definition) is 1. The first-order chi connectivity index (χ1) is 10.8. The highest BCUT2D eigenvalue weighted by Gasteiger charge is 2.12. The van der Waals surface area contributed by atoms with Crippen LogP contribution in [0.25, 0.3) is 11.0 Å². The molecule has 23 heavy (non-hydrogen) atoms. The first-order valence-corrected chi connectivity index (χ1v) is 11.3. The summed E-state index contributed by atoms with van der Waals surface area (Å²) in [5, 5.41) is 16.8. The molecule has 2 aromatic rings. The molecule has 0 saturated heterocycles. The van der Waals surface area contributed by atoms with Crippen LogP contribution >= 0.6 is 0 Å². The molecule has 0 unspecified atom stereocenters. The quantitative estimate of drug-likeness (QED) is 0.558. The predicted octanol–water partition coefficient (Wildman–Crippen LogP) is 2.34. The number of aromatic nitrogens is 3. The number of carboxylic acids is 1. The van der Waals surface area contributed by atoms with Crippen molar-refractivity contribution in [3.63, 3.8) is 0 Å². The Hall–Kier alpha value is -1.77. The Balaban J connectivity index is 1.96. The summed E-state index contributed by atoms with van der Waals surface area (Å²) in [4.78, 5) is 10.5. The van der Waals surface area contributed by atoms with Crippen LogP contribution < -0.4 is 0 Å². The zero-order valence-corrected chi connectivity index (χ0v) is 14.8. The Kier molecular flexibility index (Phi) is 5.86. The zero-order chi connectivity index (χ0) is 16.9. The number of fused-ring (bicyclic) bond motifs is 1. The van der Waals surface area contributed by atoms with Gasteiger partial charge in [0.05, 0.1) is 12.1 Å². The maximum atomic E-state index is 10.5. The lowest BCUT2D eigenvalue weighted by Gasteiger charge is -2.15. The Morgan fingerprint density at radius 3 is 2.78 bits per heavy atom. The molecule has 0 aliphatic carbocycles. The molecule has 1 aromatic heterocycles. The smallest absolute Gasteiger partial charge is 0.329 e. The average molecular weight is 337 g/mol. The van der Waals surface area contributed by atoms with Crippen molar-refractivity contribution in [1.82, 2.24) is 15.0 Å². The third kappa shape index (κ3) is 5.74. The van der Waals surface area contributed by atoms with Crippen LogP contribution in [0.2, 0.25) is 25.7 Å². The second-order valence-electron chi connectivity index (χ2n) is 6.65. The van der Waals surface area contributed by atoms with Crippen LogP contribution in [0, 0.1) is 0 Å². The van der Waals surface area contributed by atoms with Gasteiger partial charge in [-0.05, 0) is 23.7 Å². The largest absolute Gasteiger partial charge is 0.480 e. The molecule has 7 nitrogen and oxygen atoms in total. The topological polar surface area (TPSA) is 86.5 Å². The fourth-order valence-electron chi connectivity index (χ4n) is 1.98. The molecule has 0 aliphatic heterocycles. The van der Waals surface area contributed by atoms with Gasteiger partial charge in [-0.15, -0.1) is 5.10 Å². The maximum Gasteiger partial charge on any atom is 0.329 e. The van der Waals surface area contributed by atoms with Crippen LogP contribution in [0.1, 0.15) is 5.56 Å². The van der Waals surface area contributed by atoms with Gasteiger partial charge in [-0.2, -0.15) is 0 Å². The van der Waals surface area contributed by atoms with E-state index in [0.717, 1.165) is 29.2 Å². The van der Waals surface area contributed by atoms with Gasteiger partial charge in [-0.1, -0.05) is 30.9 Å². The maximum absolute atomic E-state index is 10.5. The minimum atomic E-state index is -1.10. The number of carboxylic acid groups (broad SMARTS) is 1. The van der Waals surface area contributed by atoms with E-state index in [4.69, 9.17) is 14.6 Å². The van der Waals surface area contributed by atoms with E-state index in [2.05, 4.69) is 30.0 Å². The van der Waals surface area contributed by atoms with E-state index in [1.165, 1.54) is 0 Å². The van der Waals surface area contributed by atoms with Crippen molar-refractivity contribution < 1.29 is 19.4 Å². The van der Waals surface area contributed by atoms with Crippen molar-refractivity contribution >= 4 is 25.1 Å². The second kappa shape index (κ2) is 7.67. The molecule has 8 heteroatoms. The fourth-order valence-corrected chi connectivity index (χ4v) is 2.74. The van der Waals surface area contributed by atoms with E-state index in [1.807, 2.05) is 18.2 Å². The van der Waals surface area contributed by atoms with Crippen LogP contribution in [-0.4, -0.2) is 47.4 Å². The summed E-state index contributed by atoms with van der Waals surface area (Å²) in [6.07, 6.45) is 0. The van der Waals surface area contributed by atoms with Crippen LogP contribution in [0.4, 0.5) is 0 Å². The molecule has 2 rings (SSSR count). The van der Waals surface area contributed by atoms with Crippen molar-refractivity contribution in [1.29, 1.82) is 0 Å². The van der Waals surface area contributed by atoms with Gasteiger partial charge in [-0.25, -0.2) is 9.48 Å². The highest BCUT2D eigenvalue weighted by Crippen LogP contribution is 2.15. The summed E-state index contributed by atoms with van der Waals surface area (Å²) in [6, 6.07) is 6.71. The number of hydrogen-bond acceptors (Lipinski definition) is 5. The third-order valence-electron chi connectivity index (χ3n) is 3.28. The van der Waals surface area contributed by atoms with Gasteiger partial charge >= 0.3 is 5.97 Å². The molecule has 0 spiro atoms. The lowest BCUT2D eigenvalue weighted by atomic mass is 10.2. The van der Waals surface area contributed by atoms with Crippen molar-refractivity contribution in [3.8, 4) is 0 Å². The molecule has 1 heterocycles. The number of rotatable bonds is 9. The fraction of sp³-hybridized carbons (Fsp3) is 0.533. The van der Waals surface area contributed by atoms with Crippen molar-refractivity contribution in [2.24, 2.45) is 0 Å². The summed E-state index contributed by atoms with van der Waals surface area (Å²) in [7, 11) is -1.10. The van der Waals surface area contributed by atoms with E-state index in [9.17, 15) is 4.79 Å². The molecule has 0 saturated carbocycles. The molecule has 126 valence electrons. The van der Waals surface area contributed by atoms with Gasteiger partial charge in [0.15, 0.2) is 0 Å². The molecule has 0 amide bonds. The van der Waals surface area contributed by atoms with E-state index < -0.39 is 14.0 Å². The first kappa shape index (κ1) is 17.6. The lowest BCUT2D eigenvalue weighted by molar-refractivity contribution is -0.142. The standard InChI is InChI=1S/C15H23N3O4Si/c1-23(2,3)7-6-21-11-18-14-8-12(9-22-10-15(19)20)4-5-13(14)16-17-18/h4-5,8H,6-7,9-11H2,1-3H3,(H,19,20). The van der Waals surface area contributed by atoms with Crippen LogP contribution in [-0.2, 0) is 27.6 Å². The van der Waals surface area contributed by atoms with E-state index >= 15 is 0 Å². The molecule has 0 radical (unpaired) electrons. The summed E-state index contributed by atoms with van der Waals surface area (Å²) in [5.41, 5.74) is 2.51. The van der Waals surface area contributed by atoms with E-state index in [0.29, 0.717) is 6.73 Å².